The molecule has 0 aliphatic heterocycles. The van der Waals surface area contributed by atoms with Crippen LogP contribution in [-0.4, -0.2) is 5.78 Å². The molecule has 0 saturated heterocycles. The second-order valence-electron chi connectivity index (χ2n) is 5.15. The van der Waals surface area contributed by atoms with Gasteiger partial charge in [0.25, 0.3) is 0 Å². The van der Waals surface area contributed by atoms with Crippen molar-refractivity contribution in [3.8, 4) is 0 Å². The lowest BCUT2D eigenvalue weighted by atomic mass is 9.99. The minimum Gasteiger partial charge on any atom is -0.289 e. The summed E-state index contributed by atoms with van der Waals surface area (Å²) >= 11 is 0. The molecule has 0 N–H and O–H groups in total. The number of aryl methyl sites for hydroxylation is 2. The maximum absolute atomic E-state index is 13.4. The van der Waals surface area contributed by atoms with E-state index in [0.29, 0.717) is 11.1 Å². The van der Waals surface area contributed by atoms with E-state index >= 15 is 0 Å². The third kappa shape index (κ3) is 3.53. The molecular weight excluding hydrogens is 251 g/mol. The highest BCUT2D eigenvalue weighted by molar-refractivity contribution is 6.09. The van der Waals surface area contributed by atoms with Gasteiger partial charge in [-0.3, -0.25) is 4.79 Å². The van der Waals surface area contributed by atoms with Gasteiger partial charge in [-0.05, 0) is 49.1 Å². The Labute approximate surface area is 119 Å². The molecule has 2 heteroatoms. The highest BCUT2D eigenvalue weighted by Gasteiger charge is 2.10. The Morgan fingerprint density at radius 3 is 2.35 bits per heavy atom. The maximum Gasteiger partial charge on any atom is 0.193 e. The lowest BCUT2D eigenvalue weighted by Gasteiger charge is -2.05. The monoisotopic (exact) mass is 270 g/mol. The minimum atomic E-state index is -0.368. The summed E-state index contributed by atoms with van der Waals surface area (Å²) in [7, 11) is 0. The van der Waals surface area contributed by atoms with Gasteiger partial charge in [0.2, 0.25) is 0 Å². The van der Waals surface area contributed by atoms with Crippen molar-refractivity contribution in [3.63, 3.8) is 0 Å². The lowest BCUT2D eigenvalue weighted by molar-refractivity contribution is 0.103. The van der Waals surface area contributed by atoms with Crippen LogP contribution in [0.4, 0.5) is 4.39 Å². The van der Waals surface area contributed by atoms with Gasteiger partial charge in [-0.15, -0.1) is 0 Å². The maximum atomic E-state index is 13.4. The molecule has 0 heterocycles. The number of carbonyl (C=O) groups excluding carboxylic acids is 1. The highest BCUT2D eigenvalue weighted by Crippen LogP contribution is 2.15. The van der Waals surface area contributed by atoms with Crippen molar-refractivity contribution in [3.05, 3.63) is 70.5 Å². The van der Waals surface area contributed by atoms with Gasteiger partial charge in [0, 0.05) is 11.1 Å². The fourth-order valence-electron chi connectivity index (χ4n) is 2.24. The van der Waals surface area contributed by atoms with Crippen molar-refractivity contribution < 1.29 is 9.18 Å². The molecule has 1 nitrogen and oxygen atoms in total. The van der Waals surface area contributed by atoms with Crippen LogP contribution in [0.25, 0.3) is 0 Å². The molecule has 0 bridgehead atoms. The molecule has 0 fully saturated rings. The topological polar surface area (TPSA) is 17.1 Å². The second-order valence-corrected chi connectivity index (χ2v) is 5.15. The molecule has 2 aromatic carbocycles. The number of halogens is 1. The third-order valence-electron chi connectivity index (χ3n) is 3.34. The van der Waals surface area contributed by atoms with Gasteiger partial charge in [-0.25, -0.2) is 4.39 Å². The van der Waals surface area contributed by atoms with Gasteiger partial charge in [-0.2, -0.15) is 0 Å². The first-order chi connectivity index (χ1) is 9.60. The normalized spacial score (nSPS) is 10.6. The van der Waals surface area contributed by atoms with E-state index in [4.69, 9.17) is 0 Å². The van der Waals surface area contributed by atoms with Crippen LogP contribution in [0.3, 0.4) is 0 Å². The summed E-state index contributed by atoms with van der Waals surface area (Å²) in [5.41, 5.74) is 3.01. The van der Waals surface area contributed by atoms with Crippen LogP contribution in [0.2, 0.25) is 0 Å². The number of hydrogen-bond acceptors (Lipinski definition) is 1. The molecule has 20 heavy (non-hydrogen) atoms. The van der Waals surface area contributed by atoms with Crippen molar-refractivity contribution in [2.24, 2.45) is 0 Å². The molecule has 104 valence electrons. The molecule has 0 radical (unpaired) electrons. The molecule has 2 aromatic rings. The second kappa shape index (κ2) is 6.47. The number of rotatable bonds is 5. The van der Waals surface area contributed by atoms with Gasteiger partial charge in [-0.1, -0.05) is 37.6 Å². The van der Waals surface area contributed by atoms with Crippen LogP contribution in [0, 0.1) is 12.7 Å². The number of unbranched alkanes of at least 4 members (excludes halogenated alkanes) is 1. The summed E-state index contributed by atoms with van der Waals surface area (Å²) in [5.74, 6) is -0.498. The van der Waals surface area contributed by atoms with E-state index in [1.165, 1.54) is 17.7 Å². The smallest absolute Gasteiger partial charge is 0.193 e. The van der Waals surface area contributed by atoms with Crippen molar-refractivity contribution in [2.45, 2.75) is 33.1 Å². The van der Waals surface area contributed by atoms with Gasteiger partial charge < -0.3 is 0 Å². The molecule has 0 aliphatic rings. The summed E-state index contributed by atoms with van der Waals surface area (Å²) in [6.07, 6.45) is 3.34. The molecule has 0 aliphatic carbocycles. The summed E-state index contributed by atoms with van der Waals surface area (Å²) < 4.78 is 13.4. The number of benzene rings is 2. The van der Waals surface area contributed by atoms with Crippen LogP contribution in [-0.2, 0) is 6.42 Å². The molecule has 0 saturated carbocycles. The standard InChI is InChI=1S/C18H19FO/c1-3-4-5-14-6-8-15(9-7-14)18(20)16-10-13(2)11-17(19)12-16/h6-12H,3-5H2,1-2H3. The fraction of sp³-hybridized carbons (Fsp3) is 0.278. The molecule has 2 rings (SSSR count). The Hall–Kier alpha value is -1.96. The first kappa shape index (κ1) is 14.4. The molecule has 0 atom stereocenters. The Kier molecular flexibility index (Phi) is 4.67. The van der Waals surface area contributed by atoms with Crippen LogP contribution >= 0.6 is 0 Å². The highest BCUT2D eigenvalue weighted by atomic mass is 19.1. The third-order valence-corrected chi connectivity index (χ3v) is 3.34. The summed E-state index contributed by atoms with van der Waals surface area (Å²) in [4.78, 5) is 12.3. The van der Waals surface area contributed by atoms with Gasteiger partial charge in [0.1, 0.15) is 5.82 Å². The van der Waals surface area contributed by atoms with E-state index < -0.39 is 0 Å². The summed E-state index contributed by atoms with van der Waals surface area (Å²) in [5, 5.41) is 0. The molecular formula is C18H19FO. The fourth-order valence-corrected chi connectivity index (χ4v) is 2.24. The van der Waals surface area contributed by atoms with Crippen molar-refractivity contribution in [1.29, 1.82) is 0 Å². The van der Waals surface area contributed by atoms with E-state index in [9.17, 15) is 9.18 Å². The molecule has 0 amide bonds. The van der Waals surface area contributed by atoms with Gasteiger partial charge in [0.05, 0.1) is 0 Å². The zero-order valence-electron chi connectivity index (χ0n) is 11.9. The predicted molar refractivity (Wildman–Crippen MR) is 79.6 cm³/mol. The molecule has 0 spiro atoms. The molecule has 0 aromatic heterocycles. The largest absolute Gasteiger partial charge is 0.289 e. The Balaban J connectivity index is 2.20. The van der Waals surface area contributed by atoms with Crippen molar-refractivity contribution in [2.75, 3.05) is 0 Å². The quantitative estimate of drug-likeness (QED) is 0.719. The first-order valence-corrected chi connectivity index (χ1v) is 7.01. The van der Waals surface area contributed by atoms with Crippen molar-refractivity contribution >= 4 is 5.78 Å². The van der Waals surface area contributed by atoms with E-state index in [1.54, 1.807) is 13.0 Å². The number of ketones is 1. The zero-order chi connectivity index (χ0) is 14.5. The predicted octanol–water partition coefficient (Wildman–Crippen LogP) is 4.71. The average Bonchev–Trinajstić information content (AvgIpc) is 2.44. The van der Waals surface area contributed by atoms with E-state index in [-0.39, 0.29) is 11.6 Å². The van der Waals surface area contributed by atoms with Crippen LogP contribution in [0.5, 0.6) is 0 Å². The van der Waals surface area contributed by atoms with Gasteiger partial charge >= 0.3 is 0 Å². The summed E-state index contributed by atoms with van der Waals surface area (Å²) in [6, 6.07) is 12.0. The lowest BCUT2D eigenvalue weighted by Crippen LogP contribution is -2.02. The SMILES string of the molecule is CCCCc1ccc(C(=O)c2cc(C)cc(F)c2)cc1. The number of hydrogen-bond donors (Lipinski definition) is 0. The number of carbonyl (C=O) groups is 1. The average molecular weight is 270 g/mol. The minimum absolute atomic E-state index is 0.130. The Bertz CT molecular complexity index is 579. The Morgan fingerprint density at radius 1 is 1.05 bits per heavy atom. The van der Waals surface area contributed by atoms with E-state index in [2.05, 4.69) is 6.92 Å². The van der Waals surface area contributed by atoms with Gasteiger partial charge in [0.15, 0.2) is 5.78 Å². The molecule has 0 unspecified atom stereocenters. The zero-order valence-corrected chi connectivity index (χ0v) is 11.9. The summed E-state index contributed by atoms with van der Waals surface area (Å²) in [6.45, 7) is 3.94. The van der Waals surface area contributed by atoms with Crippen LogP contribution in [0.1, 0.15) is 46.8 Å². The first-order valence-electron chi connectivity index (χ1n) is 7.01. The van der Waals surface area contributed by atoms with Crippen LogP contribution in [0.15, 0.2) is 42.5 Å². The van der Waals surface area contributed by atoms with E-state index in [1.807, 2.05) is 24.3 Å². The van der Waals surface area contributed by atoms with Crippen LogP contribution < -0.4 is 0 Å². The van der Waals surface area contributed by atoms with Crippen molar-refractivity contribution in [1.82, 2.24) is 0 Å². The Morgan fingerprint density at radius 2 is 1.75 bits per heavy atom. The van der Waals surface area contributed by atoms with E-state index in [0.717, 1.165) is 24.8 Å².